The van der Waals surface area contributed by atoms with Crippen molar-refractivity contribution in [2.75, 3.05) is 11.9 Å². The summed E-state index contributed by atoms with van der Waals surface area (Å²) in [5, 5.41) is 5.87. The van der Waals surface area contributed by atoms with Crippen LogP contribution in [0, 0.1) is 6.92 Å². The molecule has 26 heavy (non-hydrogen) atoms. The molecule has 0 atom stereocenters. The van der Waals surface area contributed by atoms with Crippen molar-refractivity contribution in [3.05, 3.63) is 59.7 Å². The van der Waals surface area contributed by atoms with E-state index < -0.39 is 0 Å². The summed E-state index contributed by atoms with van der Waals surface area (Å²) in [6.07, 6.45) is 4.35. The average Bonchev–Trinajstić information content (AvgIpc) is 3.15. The number of benzene rings is 2. The van der Waals surface area contributed by atoms with Crippen molar-refractivity contribution in [2.24, 2.45) is 0 Å². The van der Waals surface area contributed by atoms with Crippen molar-refractivity contribution >= 4 is 17.5 Å². The smallest absolute Gasteiger partial charge is 0.262 e. The standard InChI is InChI=1S/C21H24N2O3/c1-15-8-2-6-12-18(15)23-20(24)14-26-19-13-7-5-11-17(19)21(25)22-16-9-3-4-10-16/h2,5-8,11-13,16H,3-4,9-10,14H2,1H3,(H,22,25)(H,23,24). The van der Waals surface area contributed by atoms with Gasteiger partial charge in [0.1, 0.15) is 5.75 Å². The van der Waals surface area contributed by atoms with Gasteiger partial charge in [-0.05, 0) is 43.5 Å². The van der Waals surface area contributed by atoms with Gasteiger partial charge in [0, 0.05) is 11.7 Å². The zero-order valence-corrected chi connectivity index (χ0v) is 15.0. The normalized spacial score (nSPS) is 14.0. The van der Waals surface area contributed by atoms with E-state index in [0.717, 1.165) is 36.9 Å². The van der Waals surface area contributed by atoms with Crippen molar-refractivity contribution in [1.29, 1.82) is 0 Å². The molecule has 0 bridgehead atoms. The van der Waals surface area contributed by atoms with Gasteiger partial charge >= 0.3 is 0 Å². The third-order valence-corrected chi connectivity index (χ3v) is 4.60. The van der Waals surface area contributed by atoms with E-state index in [0.29, 0.717) is 11.3 Å². The Morgan fingerprint density at radius 1 is 1.04 bits per heavy atom. The van der Waals surface area contributed by atoms with Crippen LogP contribution >= 0.6 is 0 Å². The van der Waals surface area contributed by atoms with Gasteiger partial charge < -0.3 is 15.4 Å². The fourth-order valence-corrected chi connectivity index (χ4v) is 3.16. The molecule has 1 saturated carbocycles. The predicted octanol–water partition coefficient (Wildman–Crippen LogP) is 3.68. The van der Waals surface area contributed by atoms with E-state index in [1.54, 1.807) is 24.3 Å². The second-order valence-corrected chi connectivity index (χ2v) is 6.60. The summed E-state index contributed by atoms with van der Waals surface area (Å²) in [5.41, 5.74) is 2.20. The lowest BCUT2D eigenvalue weighted by Crippen LogP contribution is -2.33. The highest BCUT2D eigenvalue weighted by Gasteiger charge is 2.20. The highest BCUT2D eigenvalue weighted by atomic mass is 16.5. The SMILES string of the molecule is Cc1ccccc1NC(=O)COc1ccccc1C(=O)NC1CCCC1. The van der Waals surface area contributed by atoms with Gasteiger partial charge in [-0.2, -0.15) is 0 Å². The number of aryl methyl sites for hydroxylation is 1. The Kier molecular flexibility index (Phi) is 5.89. The fraction of sp³-hybridized carbons (Fsp3) is 0.333. The third-order valence-electron chi connectivity index (χ3n) is 4.60. The lowest BCUT2D eigenvalue weighted by molar-refractivity contribution is -0.118. The van der Waals surface area contributed by atoms with Crippen molar-refractivity contribution in [3.8, 4) is 5.75 Å². The molecule has 1 aliphatic rings. The molecule has 0 spiro atoms. The van der Waals surface area contributed by atoms with Gasteiger partial charge in [-0.25, -0.2) is 0 Å². The van der Waals surface area contributed by atoms with Crippen LogP contribution in [-0.2, 0) is 4.79 Å². The largest absolute Gasteiger partial charge is 0.483 e. The minimum Gasteiger partial charge on any atom is -0.483 e. The maximum Gasteiger partial charge on any atom is 0.262 e. The van der Waals surface area contributed by atoms with Crippen molar-refractivity contribution < 1.29 is 14.3 Å². The molecule has 5 heteroatoms. The molecule has 3 rings (SSSR count). The number of ether oxygens (including phenoxy) is 1. The first-order valence-electron chi connectivity index (χ1n) is 9.01. The van der Waals surface area contributed by atoms with Crippen LogP contribution in [0.25, 0.3) is 0 Å². The van der Waals surface area contributed by atoms with E-state index in [4.69, 9.17) is 4.74 Å². The summed E-state index contributed by atoms with van der Waals surface area (Å²) in [7, 11) is 0. The molecule has 5 nitrogen and oxygen atoms in total. The molecule has 0 radical (unpaired) electrons. The quantitative estimate of drug-likeness (QED) is 0.833. The molecule has 2 aromatic rings. The lowest BCUT2D eigenvalue weighted by atomic mass is 10.1. The molecule has 0 aromatic heterocycles. The highest BCUT2D eigenvalue weighted by molar-refractivity contribution is 5.97. The highest BCUT2D eigenvalue weighted by Crippen LogP contribution is 2.21. The molecule has 0 unspecified atom stereocenters. The summed E-state index contributed by atoms with van der Waals surface area (Å²) in [6, 6.07) is 14.8. The van der Waals surface area contributed by atoms with Crippen molar-refractivity contribution in [1.82, 2.24) is 5.32 Å². The topological polar surface area (TPSA) is 67.4 Å². The number of carbonyl (C=O) groups excluding carboxylic acids is 2. The van der Waals surface area contributed by atoms with E-state index in [-0.39, 0.29) is 24.5 Å². The van der Waals surface area contributed by atoms with E-state index in [2.05, 4.69) is 10.6 Å². The molecule has 2 N–H and O–H groups in total. The number of hydrogen-bond acceptors (Lipinski definition) is 3. The van der Waals surface area contributed by atoms with Gasteiger partial charge in [0.15, 0.2) is 6.61 Å². The number of anilines is 1. The maximum atomic E-state index is 12.5. The van der Waals surface area contributed by atoms with Crippen LogP contribution in [-0.4, -0.2) is 24.5 Å². The average molecular weight is 352 g/mol. The number of carbonyl (C=O) groups is 2. The summed E-state index contributed by atoms with van der Waals surface area (Å²) >= 11 is 0. The zero-order chi connectivity index (χ0) is 18.4. The van der Waals surface area contributed by atoms with Gasteiger partial charge in [0.05, 0.1) is 5.56 Å². The molecule has 136 valence electrons. The van der Waals surface area contributed by atoms with E-state index in [9.17, 15) is 9.59 Å². The first-order chi connectivity index (χ1) is 12.6. The van der Waals surface area contributed by atoms with Crippen LogP contribution in [0.2, 0.25) is 0 Å². The van der Waals surface area contributed by atoms with E-state index in [1.807, 2.05) is 31.2 Å². The molecule has 0 saturated heterocycles. The first kappa shape index (κ1) is 18.0. The van der Waals surface area contributed by atoms with Crippen LogP contribution in [0.15, 0.2) is 48.5 Å². The third kappa shape index (κ3) is 4.63. The van der Waals surface area contributed by atoms with Gasteiger partial charge in [-0.15, -0.1) is 0 Å². The summed E-state index contributed by atoms with van der Waals surface area (Å²) in [5.74, 6) is 0.0139. The van der Waals surface area contributed by atoms with Gasteiger partial charge in [0.25, 0.3) is 11.8 Å². The second kappa shape index (κ2) is 8.52. The molecule has 2 aromatic carbocycles. The number of nitrogens with one attached hydrogen (secondary N) is 2. The number of hydrogen-bond donors (Lipinski definition) is 2. The molecular weight excluding hydrogens is 328 g/mol. The van der Waals surface area contributed by atoms with Crippen LogP contribution in [0.5, 0.6) is 5.75 Å². The minimum atomic E-state index is -0.259. The maximum absolute atomic E-state index is 12.5. The minimum absolute atomic E-state index is 0.146. The molecule has 1 fully saturated rings. The number of para-hydroxylation sites is 2. The molecular formula is C21H24N2O3. The summed E-state index contributed by atoms with van der Waals surface area (Å²) in [6.45, 7) is 1.78. The summed E-state index contributed by atoms with van der Waals surface area (Å²) < 4.78 is 5.62. The Bertz CT molecular complexity index is 782. The lowest BCUT2D eigenvalue weighted by Gasteiger charge is -2.15. The molecule has 1 aliphatic carbocycles. The van der Waals surface area contributed by atoms with E-state index >= 15 is 0 Å². The van der Waals surface area contributed by atoms with Gasteiger partial charge in [-0.1, -0.05) is 43.2 Å². The van der Waals surface area contributed by atoms with Gasteiger partial charge in [0.2, 0.25) is 0 Å². The zero-order valence-electron chi connectivity index (χ0n) is 15.0. The summed E-state index contributed by atoms with van der Waals surface area (Å²) in [4.78, 5) is 24.7. The number of amides is 2. The van der Waals surface area contributed by atoms with Crippen LogP contribution in [0.4, 0.5) is 5.69 Å². The van der Waals surface area contributed by atoms with Crippen molar-refractivity contribution in [3.63, 3.8) is 0 Å². The van der Waals surface area contributed by atoms with Crippen LogP contribution in [0.3, 0.4) is 0 Å². The fourth-order valence-electron chi connectivity index (χ4n) is 3.16. The Morgan fingerprint density at radius 2 is 1.73 bits per heavy atom. The molecule has 0 aliphatic heterocycles. The first-order valence-corrected chi connectivity index (χ1v) is 9.01. The second-order valence-electron chi connectivity index (χ2n) is 6.60. The Labute approximate surface area is 153 Å². The molecule has 0 heterocycles. The number of rotatable bonds is 6. The Hall–Kier alpha value is -2.82. The molecule has 2 amide bonds. The van der Waals surface area contributed by atoms with E-state index in [1.165, 1.54) is 0 Å². The Balaban J connectivity index is 1.60. The van der Waals surface area contributed by atoms with Crippen LogP contribution in [0.1, 0.15) is 41.6 Å². The predicted molar refractivity (Wildman–Crippen MR) is 101 cm³/mol. The van der Waals surface area contributed by atoms with Gasteiger partial charge in [-0.3, -0.25) is 9.59 Å². The van der Waals surface area contributed by atoms with Crippen LogP contribution < -0.4 is 15.4 Å². The monoisotopic (exact) mass is 352 g/mol. The Morgan fingerprint density at radius 3 is 2.50 bits per heavy atom. The van der Waals surface area contributed by atoms with Crippen molar-refractivity contribution in [2.45, 2.75) is 38.6 Å².